The second-order valence-electron chi connectivity index (χ2n) is 11.4. The quantitative estimate of drug-likeness (QED) is 0.234. The monoisotopic (exact) mass is 540 g/mol. The number of hydrogen-bond donors (Lipinski definition) is 1. The average molecular weight is 541 g/mol. The van der Waals surface area contributed by atoms with E-state index in [-0.39, 0.29) is 44.0 Å². The zero-order valence-corrected chi connectivity index (χ0v) is 23.9. The second-order valence-corrected chi connectivity index (χ2v) is 11.4. The van der Waals surface area contributed by atoms with Gasteiger partial charge in [-0.15, -0.1) is 0 Å². The van der Waals surface area contributed by atoms with E-state index in [1.807, 2.05) is 39.8 Å². The molecule has 0 spiro atoms. The summed E-state index contributed by atoms with van der Waals surface area (Å²) < 4.78 is 16.7. The fraction of sp³-hybridized carbons (Fsp3) is 0.613. The highest BCUT2D eigenvalue weighted by Crippen LogP contribution is 2.45. The molecule has 0 heterocycles. The van der Waals surface area contributed by atoms with Crippen LogP contribution in [0.2, 0.25) is 0 Å². The Morgan fingerprint density at radius 3 is 2.41 bits per heavy atom. The first-order valence-electron chi connectivity index (χ1n) is 13.9. The molecule has 8 nitrogen and oxygen atoms in total. The Morgan fingerprint density at radius 1 is 1.18 bits per heavy atom. The van der Waals surface area contributed by atoms with Crippen LogP contribution in [-0.2, 0) is 35.2 Å². The Kier molecular flexibility index (Phi) is 12.7. The van der Waals surface area contributed by atoms with Crippen LogP contribution >= 0.6 is 0 Å². The largest absolute Gasteiger partial charge is 0.461 e. The normalized spacial score (nSPS) is 16.0. The SMILES string of the molecule is C=CCOC(=O)C[C@H](COCc1ccc(C#N)cc1)NC(=O)C1(C[C@@H](CCC)C(=O)OC(C)(C)C)CCCC1. The molecule has 1 aromatic carbocycles. The van der Waals surface area contributed by atoms with Crippen molar-refractivity contribution in [3.63, 3.8) is 0 Å². The molecule has 1 fully saturated rings. The zero-order chi connectivity index (χ0) is 28.9. The number of nitrogens with one attached hydrogen (secondary N) is 1. The first-order valence-corrected chi connectivity index (χ1v) is 13.9. The van der Waals surface area contributed by atoms with Gasteiger partial charge in [0.1, 0.15) is 12.2 Å². The molecule has 39 heavy (non-hydrogen) atoms. The van der Waals surface area contributed by atoms with E-state index in [4.69, 9.17) is 19.5 Å². The summed E-state index contributed by atoms with van der Waals surface area (Å²) in [6.07, 6.45) is 6.49. The molecule has 214 valence electrons. The van der Waals surface area contributed by atoms with E-state index in [2.05, 4.69) is 18.0 Å². The summed E-state index contributed by atoms with van der Waals surface area (Å²) in [6, 6.07) is 8.53. The molecular formula is C31H44N2O6. The number of rotatable bonds is 15. The summed E-state index contributed by atoms with van der Waals surface area (Å²) in [5, 5.41) is 12.0. The van der Waals surface area contributed by atoms with Crippen molar-refractivity contribution in [1.29, 1.82) is 5.26 Å². The van der Waals surface area contributed by atoms with Crippen LogP contribution in [0.1, 0.15) is 90.2 Å². The molecule has 2 atom stereocenters. The number of ether oxygens (including phenoxy) is 3. The molecule has 0 aliphatic heterocycles. The number of nitrogens with zero attached hydrogens (tertiary/aromatic N) is 1. The maximum atomic E-state index is 13.8. The molecule has 1 aromatic rings. The lowest BCUT2D eigenvalue weighted by atomic mass is 9.75. The minimum atomic E-state index is -0.701. The standard InChI is InChI=1S/C31H44N2O6/c1-6-10-25(28(35)39-30(3,4)5)19-31(15-8-9-16-31)29(36)33-26(18-27(34)38-17-7-2)22-37-21-24-13-11-23(20-32)12-14-24/h7,11-14,25-26H,2,6,8-10,15-19,21-22H2,1,3-5H3,(H,33,36)/t25-,26-/m1/s1. The van der Waals surface area contributed by atoms with E-state index < -0.39 is 23.0 Å². The first-order chi connectivity index (χ1) is 18.5. The lowest BCUT2D eigenvalue weighted by molar-refractivity contribution is -0.162. The number of esters is 2. The van der Waals surface area contributed by atoms with Gasteiger partial charge in [0.15, 0.2) is 0 Å². The Morgan fingerprint density at radius 2 is 1.85 bits per heavy atom. The smallest absolute Gasteiger partial charge is 0.309 e. The maximum absolute atomic E-state index is 13.8. The molecule has 0 unspecified atom stereocenters. The molecule has 2 rings (SSSR count). The van der Waals surface area contributed by atoms with Gasteiger partial charge < -0.3 is 19.5 Å². The molecule has 1 saturated carbocycles. The number of amides is 1. The van der Waals surface area contributed by atoms with Gasteiger partial charge in [-0.1, -0.05) is 51.0 Å². The van der Waals surface area contributed by atoms with Gasteiger partial charge in [-0.05, 0) is 64.2 Å². The van der Waals surface area contributed by atoms with E-state index in [9.17, 15) is 14.4 Å². The van der Waals surface area contributed by atoms with Crippen LogP contribution in [-0.4, -0.2) is 42.7 Å². The Labute approximate surface area is 233 Å². The molecule has 1 aliphatic carbocycles. The van der Waals surface area contributed by atoms with Crippen LogP contribution in [0, 0.1) is 22.7 Å². The van der Waals surface area contributed by atoms with Crippen molar-refractivity contribution in [3.8, 4) is 6.07 Å². The third-order valence-corrected chi connectivity index (χ3v) is 6.84. The van der Waals surface area contributed by atoms with Crippen LogP contribution in [0.15, 0.2) is 36.9 Å². The van der Waals surface area contributed by atoms with Crippen molar-refractivity contribution in [2.24, 2.45) is 11.3 Å². The van der Waals surface area contributed by atoms with E-state index in [0.29, 0.717) is 31.2 Å². The fourth-order valence-corrected chi connectivity index (χ4v) is 4.98. The number of benzene rings is 1. The van der Waals surface area contributed by atoms with E-state index in [1.54, 1.807) is 12.1 Å². The predicted molar refractivity (Wildman–Crippen MR) is 148 cm³/mol. The number of hydrogen-bond acceptors (Lipinski definition) is 7. The lowest BCUT2D eigenvalue weighted by Gasteiger charge is -2.34. The van der Waals surface area contributed by atoms with Crippen molar-refractivity contribution < 1.29 is 28.6 Å². The van der Waals surface area contributed by atoms with E-state index in [0.717, 1.165) is 24.8 Å². The molecule has 1 aliphatic rings. The van der Waals surface area contributed by atoms with Crippen LogP contribution in [0.4, 0.5) is 0 Å². The van der Waals surface area contributed by atoms with Gasteiger partial charge in [0.25, 0.3) is 0 Å². The minimum Gasteiger partial charge on any atom is -0.461 e. The molecule has 0 bridgehead atoms. The van der Waals surface area contributed by atoms with Crippen LogP contribution in [0.3, 0.4) is 0 Å². The topological polar surface area (TPSA) is 115 Å². The Hall–Kier alpha value is -3.18. The highest BCUT2D eigenvalue weighted by Gasteiger charge is 2.45. The highest BCUT2D eigenvalue weighted by atomic mass is 16.6. The summed E-state index contributed by atoms with van der Waals surface area (Å²) in [7, 11) is 0. The van der Waals surface area contributed by atoms with Gasteiger partial charge in [0.05, 0.1) is 48.6 Å². The highest BCUT2D eigenvalue weighted by molar-refractivity contribution is 5.85. The van der Waals surface area contributed by atoms with Gasteiger partial charge in [0, 0.05) is 0 Å². The molecule has 0 aromatic heterocycles. The molecule has 8 heteroatoms. The van der Waals surface area contributed by atoms with Crippen molar-refractivity contribution in [2.75, 3.05) is 13.2 Å². The predicted octanol–water partition coefficient (Wildman–Crippen LogP) is 5.39. The van der Waals surface area contributed by atoms with Crippen LogP contribution < -0.4 is 5.32 Å². The van der Waals surface area contributed by atoms with Crippen molar-refractivity contribution >= 4 is 17.8 Å². The number of carbonyl (C=O) groups excluding carboxylic acids is 3. The van der Waals surface area contributed by atoms with E-state index >= 15 is 0 Å². The summed E-state index contributed by atoms with van der Waals surface area (Å²) in [5.74, 6) is -1.26. The third kappa shape index (κ3) is 10.8. The third-order valence-electron chi connectivity index (χ3n) is 6.84. The molecular weight excluding hydrogens is 496 g/mol. The minimum absolute atomic E-state index is 0.0481. The Bertz CT molecular complexity index is 999. The van der Waals surface area contributed by atoms with Crippen LogP contribution in [0.5, 0.6) is 0 Å². The molecule has 0 radical (unpaired) electrons. The van der Waals surface area contributed by atoms with Gasteiger partial charge in [-0.3, -0.25) is 14.4 Å². The van der Waals surface area contributed by atoms with Crippen LogP contribution in [0.25, 0.3) is 0 Å². The zero-order valence-electron chi connectivity index (χ0n) is 23.9. The summed E-state index contributed by atoms with van der Waals surface area (Å²) in [4.78, 5) is 39.2. The van der Waals surface area contributed by atoms with Gasteiger partial charge in [-0.25, -0.2) is 0 Å². The Balaban J connectivity index is 2.14. The van der Waals surface area contributed by atoms with Crippen molar-refractivity contribution in [2.45, 2.75) is 97.3 Å². The summed E-state index contributed by atoms with van der Waals surface area (Å²) >= 11 is 0. The first kappa shape index (κ1) is 32.0. The summed E-state index contributed by atoms with van der Waals surface area (Å²) in [6.45, 7) is 11.6. The summed E-state index contributed by atoms with van der Waals surface area (Å²) in [5.41, 5.74) is 0.133. The average Bonchev–Trinajstić information content (AvgIpc) is 3.36. The molecule has 1 amide bonds. The van der Waals surface area contributed by atoms with Gasteiger partial charge in [-0.2, -0.15) is 5.26 Å². The van der Waals surface area contributed by atoms with Crippen molar-refractivity contribution in [1.82, 2.24) is 5.32 Å². The second kappa shape index (κ2) is 15.4. The number of carbonyl (C=O) groups is 3. The van der Waals surface area contributed by atoms with E-state index in [1.165, 1.54) is 6.08 Å². The van der Waals surface area contributed by atoms with Crippen molar-refractivity contribution in [3.05, 3.63) is 48.0 Å². The lowest BCUT2D eigenvalue weighted by Crippen LogP contribution is -2.48. The molecule has 1 N–H and O–H groups in total. The van der Waals surface area contributed by atoms with Gasteiger partial charge >= 0.3 is 11.9 Å². The fourth-order valence-electron chi connectivity index (χ4n) is 4.98. The number of nitriles is 1. The maximum Gasteiger partial charge on any atom is 0.309 e. The molecule has 0 saturated heterocycles. The van der Waals surface area contributed by atoms with Gasteiger partial charge in [0.2, 0.25) is 5.91 Å².